The molecule has 0 radical (unpaired) electrons. The first-order chi connectivity index (χ1) is 8.25. The van der Waals surface area contributed by atoms with Crippen molar-refractivity contribution in [2.75, 3.05) is 19.7 Å². The Labute approximate surface area is 101 Å². The Morgan fingerprint density at radius 1 is 1.12 bits per heavy atom. The smallest absolute Gasteiger partial charge is 0.239 e. The van der Waals surface area contributed by atoms with E-state index in [2.05, 4.69) is 10.6 Å². The first-order valence-electron chi connectivity index (χ1n) is 6.41. The van der Waals surface area contributed by atoms with Crippen molar-refractivity contribution in [2.24, 2.45) is 5.92 Å². The van der Waals surface area contributed by atoms with Gasteiger partial charge in [-0.15, -0.1) is 0 Å². The molecular formula is C12H20N2O3. The van der Waals surface area contributed by atoms with Gasteiger partial charge in [-0.25, -0.2) is 0 Å². The Kier molecular flexibility index (Phi) is 4.36. The quantitative estimate of drug-likeness (QED) is 0.721. The minimum Gasteiger partial charge on any atom is -0.376 e. The monoisotopic (exact) mass is 240 g/mol. The van der Waals surface area contributed by atoms with Crippen LogP contribution < -0.4 is 10.6 Å². The molecule has 0 aromatic carbocycles. The summed E-state index contributed by atoms with van der Waals surface area (Å²) in [7, 11) is 0. The van der Waals surface area contributed by atoms with Crippen LogP contribution in [0.1, 0.15) is 32.1 Å². The molecule has 1 atom stereocenters. The van der Waals surface area contributed by atoms with Crippen LogP contribution in [0.25, 0.3) is 0 Å². The number of nitrogens with one attached hydrogen (secondary N) is 2. The lowest BCUT2D eigenvalue weighted by Crippen LogP contribution is -2.42. The summed E-state index contributed by atoms with van der Waals surface area (Å²) in [6, 6.07) is 0. The van der Waals surface area contributed by atoms with Crippen LogP contribution in [-0.2, 0) is 14.3 Å². The molecule has 0 aromatic rings. The lowest BCUT2D eigenvalue weighted by atomic mass is 9.85. The van der Waals surface area contributed by atoms with E-state index in [1.807, 2.05) is 0 Å². The molecular weight excluding hydrogens is 220 g/mol. The first kappa shape index (κ1) is 12.4. The Morgan fingerprint density at radius 3 is 2.53 bits per heavy atom. The topological polar surface area (TPSA) is 67.4 Å². The second kappa shape index (κ2) is 6.00. The van der Waals surface area contributed by atoms with Gasteiger partial charge in [0.1, 0.15) is 0 Å². The predicted octanol–water partition coefficient (Wildman–Crippen LogP) is 0.198. The van der Waals surface area contributed by atoms with Crippen LogP contribution in [0.15, 0.2) is 0 Å². The van der Waals surface area contributed by atoms with Gasteiger partial charge in [-0.3, -0.25) is 9.59 Å². The van der Waals surface area contributed by atoms with Gasteiger partial charge in [0.15, 0.2) is 0 Å². The molecule has 0 aromatic heterocycles. The lowest BCUT2D eigenvalue weighted by Gasteiger charge is -2.23. The molecule has 0 spiro atoms. The second-order valence-corrected chi connectivity index (χ2v) is 4.78. The minimum atomic E-state index is -0.131. The number of hydrogen-bond acceptors (Lipinski definition) is 3. The van der Waals surface area contributed by atoms with E-state index in [-0.39, 0.29) is 30.4 Å². The van der Waals surface area contributed by atoms with Crippen molar-refractivity contribution in [3.8, 4) is 0 Å². The number of carbonyl (C=O) groups is 2. The van der Waals surface area contributed by atoms with Crippen molar-refractivity contribution in [3.05, 3.63) is 0 Å². The zero-order valence-electron chi connectivity index (χ0n) is 10.0. The summed E-state index contributed by atoms with van der Waals surface area (Å²) in [5.74, 6) is 0.0256. The Bertz CT molecular complexity index is 283. The van der Waals surface area contributed by atoms with Crippen molar-refractivity contribution >= 4 is 11.8 Å². The number of amides is 2. The highest BCUT2D eigenvalue weighted by Crippen LogP contribution is 2.25. The van der Waals surface area contributed by atoms with Gasteiger partial charge in [-0.2, -0.15) is 0 Å². The zero-order chi connectivity index (χ0) is 12.1. The van der Waals surface area contributed by atoms with E-state index in [4.69, 9.17) is 4.74 Å². The standard InChI is InChI=1S/C12H20N2O3/c15-11(13-7-10-5-2-6-17-10)8-14-12(16)9-3-1-4-9/h9-10H,1-8H2,(H,13,15)(H,14,16). The molecule has 1 saturated carbocycles. The van der Waals surface area contributed by atoms with Crippen molar-refractivity contribution in [2.45, 2.75) is 38.2 Å². The summed E-state index contributed by atoms with van der Waals surface area (Å²) in [6.07, 6.45) is 5.28. The number of rotatable bonds is 5. The van der Waals surface area contributed by atoms with Crippen LogP contribution in [0, 0.1) is 5.92 Å². The molecule has 1 aliphatic heterocycles. The SMILES string of the molecule is O=C(CNC(=O)C1CCC1)NCC1CCCO1. The zero-order valence-corrected chi connectivity index (χ0v) is 10.0. The van der Waals surface area contributed by atoms with E-state index in [0.717, 1.165) is 38.7 Å². The van der Waals surface area contributed by atoms with Gasteiger partial charge in [-0.1, -0.05) is 6.42 Å². The molecule has 17 heavy (non-hydrogen) atoms. The highest BCUT2D eigenvalue weighted by Gasteiger charge is 2.25. The largest absolute Gasteiger partial charge is 0.376 e. The van der Waals surface area contributed by atoms with Crippen LogP contribution in [-0.4, -0.2) is 37.6 Å². The van der Waals surface area contributed by atoms with Crippen molar-refractivity contribution in [1.29, 1.82) is 0 Å². The van der Waals surface area contributed by atoms with E-state index in [0.29, 0.717) is 6.54 Å². The summed E-state index contributed by atoms with van der Waals surface area (Å²) >= 11 is 0. The minimum absolute atomic E-state index is 0.0171. The Balaban J connectivity index is 1.55. The average Bonchev–Trinajstić information content (AvgIpc) is 2.73. The third kappa shape index (κ3) is 3.70. The fourth-order valence-electron chi connectivity index (χ4n) is 2.08. The summed E-state index contributed by atoms with van der Waals surface area (Å²) < 4.78 is 5.39. The molecule has 2 N–H and O–H groups in total. The molecule has 1 aliphatic carbocycles. The fourth-order valence-corrected chi connectivity index (χ4v) is 2.08. The molecule has 0 bridgehead atoms. The molecule has 2 aliphatic rings. The molecule has 1 saturated heterocycles. The summed E-state index contributed by atoms with van der Waals surface area (Å²) in [6.45, 7) is 1.43. The fraction of sp³-hybridized carbons (Fsp3) is 0.833. The van der Waals surface area contributed by atoms with Gasteiger partial charge in [0.25, 0.3) is 0 Å². The van der Waals surface area contributed by atoms with E-state index >= 15 is 0 Å². The average molecular weight is 240 g/mol. The maximum Gasteiger partial charge on any atom is 0.239 e. The maximum atomic E-state index is 11.5. The Hall–Kier alpha value is -1.10. The number of hydrogen-bond donors (Lipinski definition) is 2. The van der Waals surface area contributed by atoms with E-state index < -0.39 is 0 Å². The molecule has 5 nitrogen and oxygen atoms in total. The Morgan fingerprint density at radius 2 is 1.94 bits per heavy atom. The van der Waals surface area contributed by atoms with Crippen LogP contribution in [0.5, 0.6) is 0 Å². The van der Waals surface area contributed by atoms with Gasteiger partial charge < -0.3 is 15.4 Å². The third-order valence-electron chi connectivity index (χ3n) is 3.45. The lowest BCUT2D eigenvalue weighted by molar-refractivity contribution is -0.130. The van der Waals surface area contributed by atoms with E-state index in [9.17, 15) is 9.59 Å². The summed E-state index contributed by atoms with van der Waals surface area (Å²) in [5.41, 5.74) is 0. The normalized spacial score (nSPS) is 24.1. The highest BCUT2D eigenvalue weighted by molar-refractivity contribution is 5.86. The van der Waals surface area contributed by atoms with Crippen molar-refractivity contribution in [3.63, 3.8) is 0 Å². The third-order valence-corrected chi connectivity index (χ3v) is 3.45. The molecule has 2 fully saturated rings. The van der Waals surface area contributed by atoms with Crippen LogP contribution in [0.2, 0.25) is 0 Å². The van der Waals surface area contributed by atoms with Crippen LogP contribution in [0.3, 0.4) is 0 Å². The molecule has 1 heterocycles. The molecule has 96 valence electrons. The van der Waals surface area contributed by atoms with Gasteiger partial charge in [0, 0.05) is 19.1 Å². The van der Waals surface area contributed by atoms with Gasteiger partial charge in [-0.05, 0) is 25.7 Å². The van der Waals surface area contributed by atoms with Gasteiger partial charge in [0.05, 0.1) is 12.6 Å². The predicted molar refractivity (Wildman–Crippen MR) is 62.3 cm³/mol. The molecule has 5 heteroatoms. The first-order valence-corrected chi connectivity index (χ1v) is 6.41. The highest BCUT2D eigenvalue weighted by atomic mass is 16.5. The second-order valence-electron chi connectivity index (χ2n) is 4.78. The van der Waals surface area contributed by atoms with Crippen LogP contribution >= 0.6 is 0 Å². The van der Waals surface area contributed by atoms with Crippen molar-refractivity contribution in [1.82, 2.24) is 10.6 Å². The van der Waals surface area contributed by atoms with E-state index in [1.54, 1.807) is 0 Å². The summed E-state index contributed by atoms with van der Waals surface area (Å²) in [4.78, 5) is 22.9. The molecule has 2 amide bonds. The molecule has 2 rings (SSSR count). The maximum absolute atomic E-state index is 11.5. The van der Waals surface area contributed by atoms with E-state index in [1.165, 1.54) is 0 Å². The van der Waals surface area contributed by atoms with Gasteiger partial charge >= 0.3 is 0 Å². The number of ether oxygens (including phenoxy) is 1. The number of carbonyl (C=O) groups excluding carboxylic acids is 2. The van der Waals surface area contributed by atoms with Crippen molar-refractivity contribution < 1.29 is 14.3 Å². The summed E-state index contributed by atoms with van der Waals surface area (Å²) in [5, 5.41) is 5.44. The van der Waals surface area contributed by atoms with Crippen LogP contribution in [0.4, 0.5) is 0 Å². The molecule has 1 unspecified atom stereocenters. The van der Waals surface area contributed by atoms with Gasteiger partial charge in [0.2, 0.25) is 11.8 Å².